The second-order valence-electron chi connectivity index (χ2n) is 5.22. The van der Waals surface area contributed by atoms with Gasteiger partial charge in [0.1, 0.15) is 5.65 Å². The van der Waals surface area contributed by atoms with Crippen molar-refractivity contribution in [3.8, 4) is 17.3 Å². The van der Waals surface area contributed by atoms with Crippen molar-refractivity contribution in [2.24, 2.45) is 0 Å². The van der Waals surface area contributed by atoms with E-state index in [2.05, 4.69) is 40.7 Å². The van der Waals surface area contributed by atoms with Crippen molar-refractivity contribution in [1.82, 2.24) is 9.38 Å². The predicted octanol–water partition coefficient (Wildman–Crippen LogP) is 4.22. The molecule has 0 fully saturated rings. The van der Waals surface area contributed by atoms with E-state index in [1.165, 1.54) is 18.4 Å². The highest BCUT2D eigenvalue weighted by atomic mass is 15.0. The summed E-state index contributed by atoms with van der Waals surface area (Å²) < 4.78 is 2.08. The molecular weight excluding hydrogens is 258 g/mol. The number of aromatic nitrogens is 2. The Morgan fingerprint density at radius 2 is 1.90 bits per heavy atom. The first-order chi connectivity index (χ1) is 10.3. The quantitative estimate of drug-likeness (QED) is 0.715. The Hall–Kier alpha value is -2.60. The maximum atomic E-state index is 8.85. The molecule has 0 saturated carbocycles. The fourth-order valence-corrected chi connectivity index (χ4v) is 2.42. The maximum absolute atomic E-state index is 8.85. The fourth-order valence-electron chi connectivity index (χ4n) is 2.42. The molecule has 0 radical (unpaired) electrons. The lowest BCUT2D eigenvalue weighted by molar-refractivity contribution is 0.791. The number of nitriles is 1. The normalized spacial score (nSPS) is 10.7. The van der Waals surface area contributed by atoms with Gasteiger partial charge in [-0.15, -0.1) is 0 Å². The van der Waals surface area contributed by atoms with Crippen LogP contribution >= 0.6 is 0 Å². The summed E-state index contributed by atoms with van der Waals surface area (Å²) in [6, 6.07) is 13.9. The Labute approximate surface area is 124 Å². The first kappa shape index (κ1) is 13.4. The van der Waals surface area contributed by atoms with Crippen LogP contribution in [0.3, 0.4) is 0 Å². The number of fused-ring (bicyclic) bond motifs is 1. The number of rotatable bonds is 4. The SMILES string of the molecule is CCCCc1ccc2nc(-c3ccc(C#N)cc3)cn2c1. The summed E-state index contributed by atoms with van der Waals surface area (Å²) in [4.78, 5) is 4.64. The lowest BCUT2D eigenvalue weighted by atomic mass is 10.1. The van der Waals surface area contributed by atoms with Crippen molar-refractivity contribution in [3.63, 3.8) is 0 Å². The Kier molecular flexibility index (Phi) is 3.70. The molecule has 2 heterocycles. The average Bonchev–Trinajstić information content (AvgIpc) is 2.96. The Morgan fingerprint density at radius 1 is 1.10 bits per heavy atom. The topological polar surface area (TPSA) is 41.1 Å². The number of hydrogen-bond acceptors (Lipinski definition) is 2. The molecule has 3 heteroatoms. The molecule has 0 aliphatic carbocycles. The summed E-state index contributed by atoms with van der Waals surface area (Å²) in [6.45, 7) is 2.21. The second-order valence-corrected chi connectivity index (χ2v) is 5.22. The number of imidazole rings is 1. The van der Waals surface area contributed by atoms with Gasteiger partial charge in [-0.2, -0.15) is 5.26 Å². The monoisotopic (exact) mass is 275 g/mol. The molecule has 0 bridgehead atoms. The van der Waals surface area contributed by atoms with Gasteiger partial charge in [-0.1, -0.05) is 31.5 Å². The van der Waals surface area contributed by atoms with Gasteiger partial charge in [-0.3, -0.25) is 0 Å². The van der Waals surface area contributed by atoms with Crippen LogP contribution in [0.15, 0.2) is 48.8 Å². The molecule has 0 spiro atoms. The number of aryl methyl sites for hydroxylation is 1. The molecule has 0 N–H and O–H groups in total. The minimum absolute atomic E-state index is 0.671. The van der Waals surface area contributed by atoms with Crippen molar-refractivity contribution in [2.45, 2.75) is 26.2 Å². The summed E-state index contributed by atoms with van der Waals surface area (Å²) in [5.41, 5.74) is 4.94. The smallest absolute Gasteiger partial charge is 0.137 e. The molecule has 1 aromatic carbocycles. The van der Waals surface area contributed by atoms with Crippen LogP contribution in [0.2, 0.25) is 0 Å². The van der Waals surface area contributed by atoms with Crippen LogP contribution in [0.4, 0.5) is 0 Å². The van der Waals surface area contributed by atoms with Crippen molar-refractivity contribution in [3.05, 3.63) is 59.9 Å². The third kappa shape index (κ3) is 2.80. The van der Waals surface area contributed by atoms with E-state index in [1.807, 2.05) is 30.5 Å². The maximum Gasteiger partial charge on any atom is 0.137 e. The van der Waals surface area contributed by atoms with Crippen LogP contribution in [0.1, 0.15) is 30.9 Å². The second kappa shape index (κ2) is 5.80. The van der Waals surface area contributed by atoms with Gasteiger partial charge in [0.2, 0.25) is 0 Å². The van der Waals surface area contributed by atoms with E-state index in [9.17, 15) is 0 Å². The van der Waals surface area contributed by atoms with Crippen molar-refractivity contribution >= 4 is 5.65 Å². The highest BCUT2D eigenvalue weighted by molar-refractivity contribution is 5.63. The molecule has 3 nitrogen and oxygen atoms in total. The Morgan fingerprint density at radius 3 is 2.62 bits per heavy atom. The van der Waals surface area contributed by atoms with E-state index < -0.39 is 0 Å². The molecule has 104 valence electrons. The number of pyridine rings is 1. The third-order valence-electron chi connectivity index (χ3n) is 3.64. The number of benzene rings is 1. The summed E-state index contributed by atoms with van der Waals surface area (Å²) in [6.07, 6.45) is 7.73. The van der Waals surface area contributed by atoms with Crippen LogP contribution < -0.4 is 0 Å². The standard InChI is InChI=1S/C18H17N3/c1-2-3-4-15-7-10-18-20-17(13-21(18)12-15)16-8-5-14(11-19)6-9-16/h5-10,12-13H,2-4H2,1H3. The van der Waals surface area contributed by atoms with Crippen molar-refractivity contribution < 1.29 is 0 Å². The molecule has 3 aromatic rings. The molecule has 0 amide bonds. The zero-order valence-corrected chi connectivity index (χ0v) is 12.1. The Balaban J connectivity index is 1.94. The predicted molar refractivity (Wildman–Crippen MR) is 84.0 cm³/mol. The van der Waals surface area contributed by atoms with E-state index in [4.69, 9.17) is 5.26 Å². The average molecular weight is 275 g/mol. The van der Waals surface area contributed by atoms with E-state index in [-0.39, 0.29) is 0 Å². The summed E-state index contributed by atoms with van der Waals surface area (Å²) in [5, 5.41) is 8.85. The fraction of sp³-hybridized carbons (Fsp3) is 0.222. The molecular formula is C18H17N3. The Bertz CT molecular complexity index is 791. The van der Waals surface area contributed by atoms with Gasteiger partial charge in [-0.25, -0.2) is 4.98 Å². The zero-order chi connectivity index (χ0) is 14.7. The summed E-state index contributed by atoms with van der Waals surface area (Å²) in [5.74, 6) is 0. The van der Waals surface area contributed by atoms with Gasteiger partial charge in [0, 0.05) is 18.0 Å². The van der Waals surface area contributed by atoms with Crippen LogP contribution in [0, 0.1) is 11.3 Å². The van der Waals surface area contributed by atoms with Crippen LogP contribution in [0.5, 0.6) is 0 Å². The first-order valence-electron chi connectivity index (χ1n) is 7.28. The largest absolute Gasteiger partial charge is 0.306 e. The summed E-state index contributed by atoms with van der Waals surface area (Å²) in [7, 11) is 0. The molecule has 3 rings (SSSR count). The molecule has 0 saturated heterocycles. The number of unbranched alkanes of at least 4 members (excludes halogenated alkanes) is 1. The molecule has 0 aliphatic heterocycles. The molecule has 21 heavy (non-hydrogen) atoms. The van der Waals surface area contributed by atoms with Crippen LogP contribution in [0.25, 0.3) is 16.9 Å². The lowest BCUT2D eigenvalue weighted by Crippen LogP contribution is -1.89. The lowest BCUT2D eigenvalue weighted by Gasteiger charge is -2.00. The zero-order valence-electron chi connectivity index (χ0n) is 12.1. The van der Waals surface area contributed by atoms with Gasteiger partial charge in [0.25, 0.3) is 0 Å². The molecule has 0 unspecified atom stereocenters. The van der Waals surface area contributed by atoms with E-state index in [1.54, 1.807) is 0 Å². The van der Waals surface area contributed by atoms with E-state index >= 15 is 0 Å². The minimum atomic E-state index is 0.671. The van der Waals surface area contributed by atoms with Gasteiger partial charge >= 0.3 is 0 Å². The van der Waals surface area contributed by atoms with E-state index in [0.717, 1.165) is 23.3 Å². The summed E-state index contributed by atoms with van der Waals surface area (Å²) >= 11 is 0. The number of nitrogens with zero attached hydrogens (tertiary/aromatic N) is 3. The van der Waals surface area contributed by atoms with Crippen molar-refractivity contribution in [2.75, 3.05) is 0 Å². The van der Waals surface area contributed by atoms with Gasteiger partial charge in [-0.05, 0) is 36.6 Å². The third-order valence-corrected chi connectivity index (χ3v) is 3.64. The van der Waals surface area contributed by atoms with Gasteiger partial charge in [0.05, 0.1) is 17.3 Å². The van der Waals surface area contributed by atoms with Crippen LogP contribution in [-0.4, -0.2) is 9.38 Å². The first-order valence-corrected chi connectivity index (χ1v) is 7.28. The highest BCUT2D eigenvalue weighted by Gasteiger charge is 2.05. The molecule has 0 atom stereocenters. The molecule has 2 aromatic heterocycles. The van der Waals surface area contributed by atoms with Crippen molar-refractivity contribution in [1.29, 1.82) is 5.26 Å². The molecule has 0 aliphatic rings. The van der Waals surface area contributed by atoms with Crippen LogP contribution in [-0.2, 0) is 6.42 Å². The number of hydrogen-bond donors (Lipinski definition) is 0. The minimum Gasteiger partial charge on any atom is -0.306 e. The highest BCUT2D eigenvalue weighted by Crippen LogP contribution is 2.20. The van der Waals surface area contributed by atoms with Gasteiger partial charge < -0.3 is 4.40 Å². The van der Waals surface area contributed by atoms with Gasteiger partial charge in [0.15, 0.2) is 0 Å². The van der Waals surface area contributed by atoms with E-state index in [0.29, 0.717) is 5.56 Å².